The van der Waals surface area contributed by atoms with E-state index >= 15 is 0 Å². The molecule has 418 valence electrons. The molecule has 0 aliphatic rings. The zero-order chi connectivity index (χ0) is 57.1. The predicted octanol–water partition coefficient (Wildman–Crippen LogP) is 17.3. The number of aliphatic hydroxyl groups is 2. The fourth-order valence-corrected chi connectivity index (χ4v) is 7.93. The number of aliphatic hydroxyl groups excluding tert-OH is 2. The number of nitrogens with zero attached hydrogens (tertiary/aromatic N) is 5. The molecular formula is C66H67Ir2N5O7-2. The van der Waals surface area contributed by atoms with Crippen LogP contribution in [0.2, 0.25) is 0 Å². The molecule has 0 atom stereocenters. The Labute approximate surface area is 495 Å². The molecule has 0 amide bonds. The Balaban J connectivity index is 0.000000206. The molecule has 10 rings (SSSR count). The molecule has 6 aromatic carbocycles. The first kappa shape index (κ1) is 63.4. The zero-order valence-corrected chi connectivity index (χ0v) is 52.7. The zero-order valence-electron chi connectivity index (χ0n) is 47.9. The molecule has 4 aromatic heterocycles. The van der Waals surface area contributed by atoms with E-state index in [4.69, 9.17) is 20.1 Å². The second-order valence-corrected chi connectivity index (χ2v) is 23.3. The van der Waals surface area contributed by atoms with Gasteiger partial charge in [0.15, 0.2) is 17.3 Å². The van der Waals surface area contributed by atoms with E-state index in [1.165, 1.54) is 18.5 Å². The molecule has 0 saturated carbocycles. The van der Waals surface area contributed by atoms with Crippen LogP contribution < -0.4 is 4.74 Å². The SMILES string of the molecule is CC(C)(C)C(=O)C=C(O)C(C)(C)C.CC(C)(C)C(=O)C=C(O)C(C)(C)C.COc1ccc2c(-c3[c-]c(C)cc4c3oc3ccccc34)ncnc2c1.[C-]#[N+]c1ccc2c(-c3[c-]c(C)cc4c3oc3ccccc34)ncnc2c1.[Ir].[Ir]. The van der Waals surface area contributed by atoms with E-state index in [1.54, 1.807) is 25.6 Å². The Bertz CT molecular complexity index is 3950. The van der Waals surface area contributed by atoms with Crippen molar-refractivity contribution in [2.75, 3.05) is 7.11 Å². The van der Waals surface area contributed by atoms with Gasteiger partial charge in [-0.3, -0.25) is 19.6 Å². The van der Waals surface area contributed by atoms with Crippen LogP contribution in [0.25, 0.3) is 93.0 Å². The molecule has 4 heterocycles. The normalized spacial score (nSPS) is 12.1. The standard InChI is InChI=1S/C22H12N3O.C22H15N2O2.2C11H20O2.2Ir/c1-13-9-17-15-5-3-4-6-20(15)26-22(17)18(10-13)21-16-8-7-14(23-2)11-19(16)24-12-25-21;1-13-9-17-15-5-3-4-6-20(15)26-22(17)18(10-13)21-16-8-7-14(25-2)11-19(16)23-12-24-21;2*1-10(2,3)8(12)7-9(13)11(4,5)6;;/h3-9,11-12H,1H3;3-9,11-12H,1-2H3;2*7,12H,1-6H3;;/q2*-1;;;;. The summed E-state index contributed by atoms with van der Waals surface area (Å²) in [6, 6.07) is 38.4. The number of benzene rings is 6. The van der Waals surface area contributed by atoms with Crippen LogP contribution in [0.3, 0.4) is 0 Å². The Morgan fingerprint density at radius 2 is 0.938 bits per heavy atom. The monoisotopic (exact) mass is 1430 g/mol. The van der Waals surface area contributed by atoms with E-state index in [9.17, 15) is 19.8 Å². The molecule has 0 fully saturated rings. The summed E-state index contributed by atoms with van der Waals surface area (Å²) >= 11 is 0. The van der Waals surface area contributed by atoms with Gasteiger partial charge in [-0.25, -0.2) is 14.8 Å². The topological polar surface area (TPSA) is 166 Å². The van der Waals surface area contributed by atoms with Crippen molar-refractivity contribution in [3.63, 3.8) is 0 Å². The quantitative estimate of drug-likeness (QED) is 0.0957. The average molecular weight is 1430 g/mol. The minimum absolute atomic E-state index is 0. The third-order valence-electron chi connectivity index (χ3n) is 12.7. The predicted molar refractivity (Wildman–Crippen MR) is 314 cm³/mol. The Kier molecular flexibility index (Phi) is 20.1. The molecule has 80 heavy (non-hydrogen) atoms. The summed E-state index contributed by atoms with van der Waals surface area (Å²) < 4.78 is 17.6. The number of ketones is 2. The van der Waals surface area contributed by atoms with Gasteiger partial charge in [0.2, 0.25) is 0 Å². The largest absolute Gasteiger partial charge is 0.512 e. The number of ether oxygens (including phenoxy) is 1. The number of hydrogen-bond acceptors (Lipinski definition) is 11. The number of carbonyl (C=O) groups excluding carboxylic acids is 2. The van der Waals surface area contributed by atoms with Gasteiger partial charge in [0.05, 0.1) is 35.9 Å². The number of para-hydroxylation sites is 2. The van der Waals surface area contributed by atoms with E-state index in [0.29, 0.717) is 5.69 Å². The summed E-state index contributed by atoms with van der Waals surface area (Å²) in [5, 5.41) is 25.2. The molecule has 0 saturated heterocycles. The van der Waals surface area contributed by atoms with Crippen LogP contribution in [0.15, 0.2) is 142 Å². The third-order valence-corrected chi connectivity index (χ3v) is 12.7. The molecule has 0 bridgehead atoms. The molecule has 2 N–H and O–H groups in total. The van der Waals surface area contributed by atoms with E-state index in [2.05, 4.69) is 61.2 Å². The van der Waals surface area contributed by atoms with Gasteiger partial charge < -0.3 is 23.8 Å². The third kappa shape index (κ3) is 14.7. The number of aryl methyl sites for hydroxylation is 2. The van der Waals surface area contributed by atoms with Crippen LogP contribution in [0.4, 0.5) is 5.69 Å². The van der Waals surface area contributed by atoms with Gasteiger partial charge in [0.1, 0.15) is 41.1 Å². The number of methoxy groups -OCH3 is 1. The molecule has 0 aliphatic carbocycles. The fourth-order valence-electron chi connectivity index (χ4n) is 7.93. The van der Waals surface area contributed by atoms with Crippen LogP contribution in [0.5, 0.6) is 5.75 Å². The molecule has 0 spiro atoms. The van der Waals surface area contributed by atoms with Crippen molar-refractivity contribution in [2.45, 2.75) is 96.9 Å². The van der Waals surface area contributed by atoms with Crippen molar-refractivity contribution < 1.29 is 73.6 Å². The first-order valence-corrected chi connectivity index (χ1v) is 25.6. The minimum Gasteiger partial charge on any atom is -0.512 e. The van der Waals surface area contributed by atoms with Crippen molar-refractivity contribution in [1.29, 1.82) is 0 Å². The van der Waals surface area contributed by atoms with Crippen molar-refractivity contribution in [1.82, 2.24) is 19.9 Å². The summed E-state index contributed by atoms with van der Waals surface area (Å²) in [4.78, 5) is 44.2. The summed E-state index contributed by atoms with van der Waals surface area (Å²) in [6.45, 7) is 33.5. The summed E-state index contributed by atoms with van der Waals surface area (Å²) in [7, 11) is 1.65. The van der Waals surface area contributed by atoms with Gasteiger partial charge in [-0.2, -0.15) is 0 Å². The maximum absolute atomic E-state index is 11.5. The Morgan fingerprint density at radius 3 is 1.32 bits per heavy atom. The van der Waals surface area contributed by atoms with Crippen molar-refractivity contribution in [2.24, 2.45) is 21.7 Å². The average Bonchev–Trinajstić information content (AvgIpc) is 4.00. The van der Waals surface area contributed by atoms with Gasteiger partial charge in [-0.15, -0.1) is 35.4 Å². The van der Waals surface area contributed by atoms with Gasteiger partial charge >= 0.3 is 0 Å². The first-order chi connectivity index (χ1) is 36.6. The number of hydrogen-bond donors (Lipinski definition) is 2. The number of furan rings is 2. The van der Waals surface area contributed by atoms with Crippen molar-refractivity contribution >= 4 is 82.9 Å². The van der Waals surface area contributed by atoms with Gasteiger partial charge in [0.25, 0.3) is 0 Å². The molecule has 12 nitrogen and oxygen atoms in total. The molecule has 14 heteroatoms. The molecular weight excluding hydrogens is 1360 g/mol. The Hall–Kier alpha value is -7.39. The number of aromatic nitrogens is 4. The Morgan fingerprint density at radius 1 is 0.537 bits per heavy atom. The van der Waals surface area contributed by atoms with E-state index in [0.717, 1.165) is 105 Å². The molecule has 0 aliphatic heterocycles. The molecule has 0 unspecified atom stereocenters. The first-order valence-electron chi connectivity index (χ1n) is 25.6. The summed E-state index contributed by atoms with van der Waals surface area (Å²) in [6.07, 6.45) is 5.76. The van der Waals surface area contributed by atoms with Gasteiger partial charge in [-0.1, -0.05) is 173 Å². The number of rotatable bonds is 5. The maximum atomic E-state index is 11.5. The van der Waals surface area contributed by atoms with Gasteiger partial charge in [-0.05, 0) is 35.0 Å². The summed E-state index contributed by atoms with van der Waals surface area (Å²) in [5.74, 6) is 0.976. The second-order valence-electron chi connectivity index (χ2n) is 23.3. The van der Waals surface area contributed by atoms with Crippen LogP contribution in [-0.4, -0.2) is 48.8 Å². The van der Waals surface area contributed by atoms with Crippen LogP contribution in [0, 0.1) is 54.2 Å². The number of allylic oxidation sites excluding steroid dienone is 4. The van der Waals surface area contributed by atoms with Crippen LogP contribution >= 0.6 is 0 Å². The van der Waals surface area contributed by atoms with Crippen molar-refractivity contribution in [3.05, 3.63) is 168 Å². The van der Waals surface area contributed by atoms with E-state index < -0.39 is 10.8 Å². The number of carbonyl (C=O) groups is 2. The smallest absolute Gasteiger partial charge is 0.189 e. The number of fused-ring (bicyclic) bond motifs is 8. The van der Waals surface area contributed by atoms with Crippen molar-refractivity contribution in [3.8, 4) is 28.3 Å². The molecule has 2 radical (unpaired) electrons. The minimum atomic E-state index is -0.417. The van der Waals surface area contributed by atoms with Crippen LogP contribution in [-0.2, 0) is 49.8 Å². The second kappa shape index (κ2) is 25.4. The molecule has 10 aromatic rings. The summed E-state index contributed by atoms with van der Waals surface area (Å²) in [5.41, 5.74) is 9.18. The van der Waals surface area contributed by atoms with Gasteiger partial charge in [0, 0.05) is 102 Å². The maximum Gasteiger partial charge on any atom is 0.189 e. The van der Waals surface area contributed by atoms with E-state index in [-0.39, 0.29) is 74.1 Å². The fraction of sp³-hybridized carbons (Fsp3) is 0.288. The van der Waals surface area contributed by atoms with Crippen LogP contribution in [0.1, 0.15) is 94.2 Å². The van der Waals surface area contributed by atoms with E-state index in [1.807, 2.05) is 158 Å².